The zero-order valence-corrected chi connectivity index (χ0v) is 13.5. The van der Waals surface area contributed by atoms with Crippen molar-refractivity contribution in [3.05, 3.63) is 35.9 Å². The van der Waals surface area contributed by atoms with Gasteiger partial charge in [0.1, 0.15) is 12.4 Å². The predicted molar refractivity (Wildman–Crippen MR) is 79.5 cm³/mol. The van der Waals surface area contributed by atoms with Crippen molar-refractivity contribution in [2.45, 2.75) is 19.3 Å². The van der Waals surface area contributed by atoms with Crippen LogP contribution in [0.1, 0.15) is 12.5 Å². The number of nitrogens with one attached hydrogen (secondary N) is 1. The molecule has 1 aromatic rings. The molecule has 0 aromatic heterocycles. The van der Waals surface area contributed by atoms with Gasteiger partial charge in [0.15, 0.2) is 0 Å². The number of rotatable bonds is 6. The van der Waals surface area contributed by atoms with E-state index in [-0.39, 0.29) is 13.1 Å². The van der Waals surface area contributed by atoms with E-state index in [9.17, 15) is 9.36 Å². The molecular weight excluding hydrogens is 313 g/mol. The fraction of sp³-hybridized carbons (Fsp3) is 0.385. The van der Waals surface area contributed by atoms with Crippen molar-refractivity contribution >= 4 is 20.2 Å². The molecule has 0 radical (unpaired) electrons. The summed E-state index contributed by atoms with van der Waals surface area (Å²) in [6.07, 6.45) is -0.675. The molecule has 1 aromatic carbocycles. The Balaban J connectivity index is 0.00000135. The molecule has 0 aliphatic heterocycles. The molecule has 1 amide bonds. The van der Waals surface area contributed by atoms with E-state index in [0.717, 1.165) is 5.56 Å². The van der Waals surface area contributed by atoms with Gasteiger partial charge >= 0.3 is 13.7 Å². The summed E-state index contributed by atoms with van der Waals surface area (Å²) in [6, 6.07) is 9.25. The number of amides is 1. The summed E-state index contributed by atoms with van der Waals surface area (Å²) in [7, 11) is -0.810. The van der Waals surface area contributed by atoms with Gasteiger partial charge in [-0.2, -0.15) is 0 Å². The Hall–Kier alpha value is -1.89. The van der Waals surface area contributed by atoms with Crippen molar-refractivity contribution in [1.82, 2.24) is 5.32 Å². The molecule has 1 rings (SSSR count). The van der Waals surface area contributed by atoms with Crippen LogP contribution in [0.3, 0.4) is 0 Å². The minimum absolute atomic E-state index is 0.143. The van der Waals surface area contributed by atoms with Crippen molar-refractivity contribution in [2.24, 2.45) is 0 Å². The van der Waals surface area contributed by atoms with E-state index in [1.54, 1.807) is 0 Å². The maximum absolute atomic E-state index is 11.9. The first kappa shape index (κ1) is 20.1. The van der Waals surface area contributed by atoms with Gasteiger partial charge in [0.2, 0.25) is 0 Å². The Morgan fingerprint density at radius 1 is 1.32 bits per heavy atom. The lowest BCUT2D eigenvalue weighted by atomic mass is 10.2. The smallest absolute Gasteiger partial charge is 0.408 e. The third-order valence-corrected chi connectivity index (χ3v) is 4.62. The zero-order chi connectivity index (χ0) is 17.0. The second-order valence-electron chi connectivity index (χ2n) is 3.89. The van der Waals surface area contributed by atoms with Gasteiger partial charge in [-0.05, 0) is 12.5 Å². The summed E-state index contributed by atoms with van der Waals surface area (Å²) < 4.78 is 26.5. The molecule has 2 N–H and O–H groups in total. The average molecular weight is 333 g/mol. The molecule has 0 saturated heterocycles. The Bertz CT molecular complexity index is 486. The van der Waals surface area contributed by atoms with Gasteiger partial charge < -0.3 is 24.2 Å². The Morgan fingerprint density at radius 3 is 2.27 bits per heavy atom. The molecule has 22 heavy (non-hydrogen) atoms. The summed E-state index contributed by atoms with van der Waals surface area (Å²) in [5.41, 5.74) is 0.868. The molecule has 9 heteroatoms. The van der Waals surface area contributed by atoms with Gasteiger partial charge in [-0.15, -0.1) is 0 Å². The van der Waals surface area contributed by atoms with Crippen molar-refractivity contribution in [1.29, 1.82) is 0 Å². The number of carboxylic acid groups (broad SMARTS) is 1. The standard InChI is InChI=1S/C12H18NO5P.CH2O2/c1-10(19(15,16-2)17-3)13-12(14)18-9-11-7-5-4-6-8-11;2-1-3/h4-8,10H,9H2,1-3H3,(H,13,14);1H,(H,2,3). The maximum Gasteiger partial charge on any atom is 0.408 e. The molecule has 0 aliphatic carbocycles. The number of carbonyl (C=O) groups is 2. The second-order valence-corrected chi connectivity index (χ2v) is 6.48. The third-order valence-electron chi connectivity index (χ3n) is 2.52. The molecule has 0 saturated carbocycles. The van der Waals surface area contributed by atoms with E-state index < -0.39 is 19.5 Å². The predicted octanol–water partition coefficient (Wildman–Crippen LogP) is 2.45. The largest absolute Gasteiger partial charge is 0.483 e. The highest BCUT2D eigenvalue weighted by Gasteiger charge is 2.31. The normalized spacial score (nSPS) is 11.6. The van der Waals surface area contributed by atoms with E-state index in [2.05, 4.69) is 5.32 Å². The average Bonchev–Trinajstić information content (AvgIpc) is 2.53. The van der Waals surface area contributed by atoms with Crippen molar-refractivity contribution in [3.63, 3.8) is 0 Å². The Kier molecular flexibility index (Phi) is 9.86. The van der Waals surface area contributed by atoms with E-state index >= 15 is 0 Å². The van der Waals surface area contributed by atoms with Crippen LogP contribution in [-0.4, -0.2) is 37.7 Å². The van der Waals surface area contributed by atoms with Gasteiger partial charge in [0.25, 0.3) is 6.47 Å². The lowest BCUT2D eigenvalue weighted by molar-refractivity contribution is -0.122. The lowest BCUT2D eigenvalue weighted by Crippen LogP contribution is -2.33. The van der Waals surface area contributed by atoms with E-state index in [1.165, 1.54) is 21.1 Å². The lowest BCUT2D eigenvalue weighted by Gasteiger charge is -2.21. The maximum atomic E-state index is 11.9. The van der Waals surface area contributed by atoms with Crippen molar-refractivity contribution in [2.75, 3.05) is 14.2 Å². The summed E-state index contributed by atoms with van der Waals surface area (Å²) >= 11 is 0. The van der Waals surface area contributed by atoms with Gasteiger partial charge in [-0.25, -0.2) is 4.79 Å². The number of carbonyl (C=O) groups excluding carboxylic acids is 1. The Morgan fingerprint density at radius 2 is 1.82 bits per heavy atom. The van der Waals surface area contributed by atoms with E-state index in [1.807, 2.05) is 30.3 Å². The first-order chi connectivity index (χ1) is 10.4. The van der Waals surface area contributed by atoms with E-state index in [0.29, 0.717) is 0 Å². The monoisotopic (exact) mass is 333 g/mol. The molecule has 0 fully saturated rings. The summed E-state index contributed by atoms with van der Waals surface area (Å²) in [4.78, 5) is 19.9. The topological polar surface area (TPSA) is 111 Å². The molecule has 1 atom stereocenters. The van der Waals surface area contributed by atoms with Gasteiger partial charge in [-0.1, -0.05) is 30.3 Å². The minimum atomic E-state index is -3.33. The Labute approximate surface area is 128 Å². The highest BCUT2D eigenvalue weighted by Crippen LogP contribution is 2.50. The van der Waals surface area contributed by atoms with Crippen molar-refractivity contribution in [3.8, 4) is 0 Å². The molecule has 0 aliphatic rings. The number of ether oxygens (including phenoxy) is 1. The van der Waals surface area contributed by atoms with Crippen LogP contribution in [0.25, 0.3) is 0 Å². The minimum Gasteiger partial charge on any atom is -0.483 e. The van der Waals surface area contributed by atoms with Crippen LogP contribution in [-0.2, 0) is 29.8 Å². The number of hydrogen-bond acceptors (Lipinski definition) is 6. The number of hydrogen-bond donors (Lipinski definition) is 2. The molecule has 0 heterocycles. The molecule has 0 bridgehead atoms. The summed E-state index contributed by atoms with van der Waals surface area (Å²) in [5, 5.41) is 9.31. The molecule has 124 valence electrons. The van der Waals surface area contributed by atoms with Gasteiger partial charge in [0.05, 0.1) is 0 Å². The van der Waals surface area contributed by atoms with Crippen LogP contribution in [0.4, 0.5) is 4.79 Å². The first-order valence-electron chi connectivity index (χ1n) is 6.19. The van der Waals surface area contributed by atoms with Crippen LogP contribution in [0, 0.1) is 0 Å². The highest BCUT2D eigenvalue weighted by atomic mass is 31.2. The third kappa shape index (κ3) is 7.21. The molecule has 1 unspecified atom stereocenters. The van der Waals surface area contributed by atoms with Crippen LogP contribution < -0.4 is 5.32 Å². The zero-order valence-electron chi connectivity index (χ0n) is 12.6. The number of benzene rings is 1. The molecule has 8 nitrogen and oxygen atoms in total. The van der Waals surface area contributed by atoms with Gasteiger partial charge in [0, 0.05) is 14.2 Å². The SMILES string of the molecule is COP(=O)(OC)C(C)NC(=O)OCc1ccccc1.O=CO. The summed E-state index contributed by atoms with van der Waals surface area (Å²) in [6.45, 7) is 1.42. The molecule has 0 spiro atoms. The fourth-order valence-electron chi connectivity index (χ4n) is 1.41. The summed E-state index contributed by atoms with van der Waals surface area (Å²) in [5.74, 6) is -0.786. The second kappa shape index (κ2) is 10.8. The fourth-order valence-corrected chi connectivity index (χ4v) is 2.45. The van der Waals surface area contributed by atoms with Crippen LogP contribution >= 0.6 is 7.60 Å². The van der Waals surface area contributed by atoms with Crippen LogP contribution in [0.15, 0.2) is 30.3 Å². The highest BCUT2D eigenvalue weighted by molar-refractivity contribution is 7.54. The van der Waals surface area contributed by atoms with Crippen LogP contribution in [0.5, 0.6) is 0 Å². The van der Waals surface area contributed by atoms with E-state index in [4.69, 9.17) is 23.7 Å². The first-order valence-corrected chi connectivity index (χ1v) is 7.81. The quantitative estimate of drug-likeness (QED) is 0.607. The van der Waals surface area contributed by atoms with Gasteiger partial charge in [-0.3, -0.25) is 9.36 Å². The number of alkyl carbamates (subject to hydrolysis) is 1. The van der Waals surface area contributed by atoms with Crippen LogP contribution in [0.2, 0.25) is 0 Å². The molecular formula is C13H20NO7P. The van der Waals surface area contributed by atoms with Crippen molar-refractivity contribution < 1.29 is 33.0 Å².